The lowest BCUT2D eigenvalue weighted by atomic mass is 10.1. The van der Waals surface area contributed by atoms with E-state index < -0.39 is 62.3 Å². The third-order valence-electron chi connectivity index (χ3n) is 3.33. The SMILES string of the molecule is CC(C)OC(=O)CN1C(=O)S/C(=C/c2cc([N+](=O)[O-])cc([N+](=O)[O-])c2O)C1=O. The fourth-order valence-electron chi connectivity index (χ4n) is 2.19. The van der Waals surface area contributed by atoms with Crippen LogP contribution in [0.4, 0.5) is 16.2 Å². The second kappa shape index (κ2) is 8.04. The zero-order chi connectivity index (χ0) is 21.2. The second-order valence-electron chi connectivity index (χ2n) is 5.72. The van der Waals surface area contributed by atoms with Crippen LogP contribution in [0.1, 0.15) is 19.4 Å². The van der Waals surface area contributed by atoms with Crippen molar-refractivity contribution in [2.45, 2.75) is 20.0 Å². The molecule has 0 bridgehead atoms. The summed E-state index contributed by atoms with van der Waals surface area (Å²) in [6.45, 7) is 2.54. The molecule has 1 aliphatic heterocycles. The Bertz CT molecular complexity index is 926. The van der Waals surface area contributed by atoms with Crippen molar-refractivity contribution in [1.82, 2.24) is 4.90 Å². The molecule has 2 amide bonds. The number of imide groups is 1. The molecule has 1 saturated heterocycles. The normalized spacial score (nSPS) is 15.4. The van der Waals surface area contributed by atoms with Crippen molar-refractivity contribution < 1.29 is 34.1 Å². The Morgan fingerprint density at radius 2 is 1.93 bits per heavy atom. The number of aromatic hydroxyl groups is 1. The van der Waals surface area contributed by atoms with Crippen molar-refractivity contribution in [2.75, 3.05) is 6.54 Å². The average molecular weight is 411 g/mol. The fraction of sp³-hybridized carbons (Fsp3) is 0.267. The maximum Gasteiger partial charge on any atom is 0.326 e. The van der Waals surface area contributed by atoms with Crippen LogP contribution in [0.3, 0.4) is 0 Å². The number of thioether (sulfide) groups is 1. The average Bonchev–Trinajstić information content (AvgIpc) is 2.83. The number of benzene rings is 1. The molecule has 0 aromatic heterocycles. The van der Waals surface area contributed by atoms with E-state index in [1.54, 1.807) is 13.8 Å². The van der Waals surface area contributed by atoms with Crippen molar-refractivity contribution in [3.8, 4) is 5.75 Å². The number of nitrogens with zero attached hydrogens (tertiary/aromatic N) is 3. The molecule has 0 unspecified atom stereocenters. The van der Waals surface area contributed by atoms with Gasteiger partial charge in [-0.15, -0.1) is 0 Å². The summed E-state index contributed by atoms with van der Waals surface area (Å²) in [5.41, 5.74) is -2.01. The molecule has 2 rings (SSSR count). The summed E-state index contributed by atoms with van der Waals surface area (Å²) in [5.74, 6) is -2.61. The van der Waals surface area contributed by atoms with Crippen LogP contribution in [0.25, 0.3) is 6.08 Å². The summed E-state index contributed by atoms with van der Waals surface area (Å²) in [7, 11) is 0. The number of esters is 1. The van der Waals surface area contributed by atoms with Gasteiger partial charge in [0.15, 0.2) is 0 Å². The first-order chi connectivity index (χ1) is 13.0. The molecule has 28 heavy (non-hydrogen) atoms. The number of carbonyl (C=O) groups is 3. The number of nitro groups is 2. The Hall–Kier alpha value is -3.48. The monoisotopic (exact) mass is 411 g/mol. The molecule has 0 atom stereocenters. The van der Waals surface area contributed by atoms with Gasteiger partial charge in [-0.3, -0.25) is 39.5 Å². The van der Waals surface area contributed by atoms with Gasteiger partial charge in [0.05, 0.1) is 26.9 Å². The van der Waals surface area contributed by atoms with Crippen LogP contribution in [-0.2, 0) is 14.3 Å². The number of rotatable bonds is 6. The number of carbonyl (C=O) groups excluding carboxylic acids is 3. The third kappa shape index (κ3) is 4.43. The largest absolute Gasteiger partial charge is 0.502 e. The van der Waals surface area contributed by atoms with Crippen molar-refractivity contribution in [3.63, 3.8) is 0 Å². The van der Waals surface area contributed by atoms with E-state index in [2.05, 4.69) is 0 Å². The number of ether oxygens (including phenoxy) is 1. The van der Waals surface area contributed by atoms with E-state index in [1.165, 1.54) is 0 Å². The van der Waals surface area contributed by atoms with Gasteiger partial charge in [0, 0.05) is 11.6 Å². The van der Waals surface area contributed by atoms with Crippen molar-refractivity contribution in [2.24, 2.45) is 0 Å². The lowest BCUT2D eigenvalue weighted by Gasteiger charge is -2.13. The summed E-state index contributed by atoms with van der Waals surface area (Å²) in [6, 6.07) is 1.39. The second-order valence-corrected chi connectivity index (χ2v) is 6.72. The quantitative estimate of drug-likeness (QED) is 0.317. The van der Waals surface area contributed by atoms with Crippen LogP contribution < -0.4 is 0 Å². The van der Waals surface area contributed by atoms with Crippen LogP contribution in [0, 0.1) is 20.2 Å². The zero-order valence-electron chi connectivity index (χ0n) is 14.5. The van der Waals surface area contributed by atoms with Gasteiger partial charge in [-0.05, 0) is 31.7 Å². The first-order valence-corrected chi connectivity index (χ1v) is 8.43. The highest BCUT2D eigenvalue weighted by Gasteiger charge is 2.37. The minimum atomic E-state index is -1.02. The number of phenolic OH excluding ortho intramolecular Hbond substituents is 1. The Morgan fingerprint density at radius 3 is 2.46 bits per heavy atom. The van der Waals surface area contributed by atoms with E-state index >= 15 is 0 Å². The minimum Gasteiger partial charge on any atom is -0.502 e. The van der Waals surface area contributed by atoms with Gasteiger partial charge in [0.1, 0.15) is 6.54 Å². The summed E-state index contributed by atoms with van der Waals surface area (Å²) >= 11 is 0.415. The summed E-state index contributed by atoms with van der Waals surface area (Å²) in [5, 5.41) is 31.1. The van der Waals surface area contributed by atoms with Crippen LogP contribution in [0.5, 0.6) is 5.75 Å². The van der Waals surface area contributed by atoms with E-state index in [-0.39, 0.29) is 4.91 Å². The number of hydrogen-bond acceptors (Lipinski definition) is 10. The standard InChI is InChI=1S/C15H13N3O9S/c1-7(2)27-12(19)6-16-14(21)11(28-15(16)22)4-8-3-9(17(23)24)5-10(13(8)20)18(25)26/h3-5,7,20H,6H2,1-2H3/b11-4+. The summed E-state index contributed by atoms with van der Waals surface area (Å²) < 4.78 is 4.86. The van der Waals surface area contributed by atoms with Gasteiger partial charge < -0.3 is 9.84 Å². The van der Waals surface area contributed by atoms with Gasteiger partial charge in [-0.2, -0.15) is 0 Å². The van der Waals surface area contributed by atoms with Crippen LogP contribution >= 0.6 is 11.8 Å². The molecule has 1 N–H and O–H groups in total. The molecule has 0 aliphatic carbocycles. The maximum absolute atomic E-state index is 12.3. The first-order valence-electron chi connectivity index (χ1n) is 7.62. The highest BCUT2D eigenvalue weighted by atomic mass is 32.2. The van der Waals surface area contributed by atoms with E-state index in [0.29, 0.717) is 22.7 Å². The number of amides is 2. The molecule has 0 saturated carbocycles. The first kappa shape index (κ1) is 20.8. The van der Waals surface area contributed by atoms with E-state index in [0.717, 1.165) is 12.1 Å². The lowest BCUT2D eigenvalue weighted by molar-refractivity contribution is -0.394. The predicted molar refractivity (Wildman–Crippen MR) is 95.3 cm³/mol. The van der Waals surface area contributed by atoms with Crippen LogP contribution in [-0.4, -0.2) is 49.6 Å². The van der Waals surface area contributed by atoms with E-state index in [4.69, 9.17) is 4.74 Å². The minimum absolute atomic E-state index is 0.271. The molecule has 148 valence electrons. The number of hydrogen-bond donors (Lipinski definition) is 1. The Labute approximate surface area is 161 Å². The fourth-order valence-corrected chi connectivity index (χ4v) is 3.02. The van der Waals surface area contributed by atoms with Gasteiger partial charge in [0.25, 0.3) is 16.8 Å². The molecule has 0 spiro atoms. The van der Waals surface area contributed by atoms with Crippen LogP contribution in [0.15, 0.2) is 17.0 Å². The topological polar surface area (TPSA) is 170 Å². The van der Waals surface area contributed by atoms with Crippen molar-refractivity contribution in [3.05, 3.63) is 42.8 Å². The van der Waals surface area contributed by atoms with Gasteiger partial charge in [-0.1, -0.05) is 0 Å². The summed E-state index contributed by atoms with van der Waals surface area (Å²) in [6.07, 6.45) is 0.457. The third-order valence-corrected chi connectivity index (χ3v) is 4.23. The van der Waals surface area contributed by atoms with E-state index in [1.807, 2.05) is 0 Å². The number of nitro benzene ring substituents is 2. The van der Waals surface area contributed by atoms with Gasteiger partial charge in [0.2, 0.25) is 5.75 Å². The molecular formula is C15H13N3O9S. The highest BCUT2D eigenvalue weighted by molar-refractivity contribution is 8.18. The van der Waals surface area contributed by atoms with Gasteiger partial charge in [-0.25, -0.2) is 0 Å². The van der Waals surface area contributed by atoms with Crippen LogP contribution in [0.2, 0.25) is 0 Å². The molecule has 1 heterocycles. The molecule has 1 aromatic rings. The highest BCUT2D eigenvalue weighted by Crippen LogP contribution is 2.38. The molecule has 13 heteroatoms. The number of phenols is 1. The number of non-ortho nitro benzene ring substituents is 1. The molecule has 1 aromatic carbocycles. The predicted octanol–water partition coefficient (Wildman–Crippen LogP) is 2.20. The molecular weight excluding hydrogens is 398 g/mol. The molecule has 1 aliphatic rings. The molecule has 12 nitrogen and oxygen atoms in total. The van der Waals surface area contributed by atoms with Crippen molar-refractivity contribution in [1.29, 1.82) is 0 Å². The lowest BCUT2D eigenvalue weighted by Crippen LogP contribution is -2.35. The zero-order valence-corrected chi connectivity index (χ0v) is 15.3. The van der Waals surface area contributed by atoms with E-state index in [9.17, 15) is 39.7 Å². The van der Waals surface area contributed by atoms with Crippen molar-refractivity contribution >= 4 is 46.3 Å². The molecule has 1 fully saturated rings. The van der Waals surface area contributed by atoms with Gasteiger partial charge >= 0.3 is 11.7 Å². The Balaban J connectivity index is 2.39. The smallest absolute Gasteiger partial charge is 0.326 e. The maximum atomic E-state index is 12.3. The Kier molecular flexibility index (Phi) is 5.98. The molecule has 0 radical (unpaired) electrons. The Morgan fingerprint density at radius 1 is 1.29 bits per heavy atom. The summed E-state index contributed by atoms with van der Waals surface area (Å²) in [4.78, 5) is 56.3.